The van der Waals surface area contributed by atoms with Crippen LogP contribution in [0, 0.1) is 6.92 Å². The zero-order chi connectivity index (χ0) is 18.7. The highest BCUT2D eigenvalue weighted by atomic mass is 32.2. The van der Waals surface area contributed by atoms with Crippen molar-refractivity contribution in [1.82, 2.24) is 4.98 Å². The summed E-state index contributed by atoms with van der Waals surface area (Å²) >= 11 is 1.36. The number of amides is 1. The summed E-state index contributed by atoms with van der Waals surface area (Å²) in [7, 11) is -3.25. The fraction of sp³-hybridized carbons (Fsp3) is 0.111. The summed E-state index contributed by atoms with van der Waals surface area (Å²) in [5.74, 6) is 0.669. The molecule has 134 valence electrons. The van der Waals surface area contributed by atoms with Gasteiger partial charge in [-0.1, -0.05) is 6.07 Å². The van der Waals surface area contributed by atoms with Crippen molar-refractivity contribution in [3.63, 3.8) is 0 Å². The number of nitrogens with zero attached hydrogens (tertiary/aromatic N) is 1. The van der Waals surface area contributed by atoms with Crippen molar-refractivity contribution in [2.75, 3.05) is 11.6 Å². The first kappa shape index (κ1) is 18.1. The first-order chi connectivity index (χ1) is 12.3. The predicted octanol–water partition coefficient (Wildman–Crippen LogP) is 3.90. The van der Waals surface area contributed by atoms with E-state index in [-0.39, 0.29) is 10.8 Å². The average molecular weight is 388 g/mol. The predicted molar refractivity (Wildman–Crippen MR) is 101 cm³/mol. The number of aryl methyl sites for hydroxylation is 1. The number of benzene rings is 2. The first-order valence-electron chi connectivity index (χ1n) is 7.63. The summed E-state index contributed by atoms with van der Waals surface area (Å²) < 4.78 is 28.7. The Labute approximate surface area is 155 Å². The van der Waals surface area contributed by atoms with Crippen molar-refractivity contribution < 1.29 is 17.9 Å². The molecule has 0 aliphatic heterocycles. The fourth-order valence-electron chi connectivity index (χ4n) is 2.17. The van der Waals surface area contributed by atoms with Gasteiger partial charge < -0.3 is 4.74 Å². The summed E-state index contributed by atoms with van der Waals surface area (Å²) in [5.41, 5.74) is 1.28. The fourth-order valence-corrected chi connectivity index (χ4v) is 3.49. The van der Waals surface area contributed by atoms with Gasteiger partial charge >= 0.3 is 0 Å². The quantitative estimate of drug-likeness (QED) is 0.716. The Hall–Kier alpha value is -2.71. The summed E-state index contributed by atoms with van der Waals surface area (Å²) in [4.78, 5) is 16.7. The molecule has 6 nitrogen and oxygen atoms in total. The van der Waals surface area contributed by atoms with Gasteiger partial charge in [-0.15, -0.1) is 11.3 Å². The van der Waals surface area contributed by atoms with Crippen LogP contribution in [0.2, 0.25) is 0 Å². The molecule has 1 N–H and O–H groups in total. The van der Waals surface area contributed by atoms with Crippen molar-refractivity contribution in [2.45, 2.75) is 11.8 Å². The zero-order valence-corrected chi connectivity index (χ0v) is 15.7. The first-order valence-corrected chi connectivity index (χ1v) is 10.4. The van der Waals surface area contributed by atoms with Crippen LogP contribution < -0.4 is 10.1 Å². The smallest absolute Gasteiger partial charge is 0.257 e. The molecular weight excluding hydrogens is 372 g/mol. The van der Waals surface area contributed by atoms with Crippen LogP contribution in [0.1, 0.15) is 16.1 Å². The molecule has 3 rings (SSSR count). The van der Waals surface area contributed by atoms with E-state index in [9.17, 15) is 13.2 Å². The summed E-state index contributed by atoms with van der Waals surface area (Å²) in [6, 6.07) is 12.8. The Morgan fingerprint density at radius 1 is 1.12 bits per heavy atom. The Bertz CT molecular complexity index is 1040. The number of carbonyl (C=O) groups excluding carboxylic acids is 1. The highest BCUT2D eigenvalue weighted by Crippen LogP contribution is 2.24. The van der Waals surface area contributed by atoms with E-state index in [1.807, 2.05) is 12.3 Å². The Morgan fingerprint density at radius 2 is 1.85 bits per heavy atom. The third-order valence-corrected chi connectivity index (χ3v) is 5.43. The van der Waals surface area contributed by atoms with E-state index >= 15 is 0 Å². The molecule has 0 radical (unpaired) electrons. The molecule has 0 atom stereocenters. The molecule has 1 heterocycles. The standard InChI is InChI=1S/C18H16N2O4S2/c1-12-11-25-18(19-12)20-17(21)13-4-3-5-15(10-13)24-14-6-8-16(9-7-14)26(2,22)23/h3-11H,1-2H3,(H,19,20,21). The number of hydrogen-bond donors (Lipinski definition) is 1. The number of aromatic nitrogens is 1. The van der Waals surface area contributed by atoms with Crippen molar-refractivity contribution in [3.8, 4) is 11.5 Å². The number of sulfone groups is 1. The molecule has 0 aliphatic rings. The number of thiazole rings is 1. The Balaban J connectivity index is 1.73. The van der Waals surface area contributed by atoms with Gasteiger partial charge in [0.05, 0.1) is 10.6 Å². The van der Waals surface area contributed by atoms with E-state index in [1.165, 1.54) is 23.5 Å². The number of rotatable bonds is 5. The van der Waals surface area contributed by atoms with Gasteiger partial charge in [0.2, 0.25) is 0 Å². The van der Waals surface area contributed by atoms with Gasteiger partial charge in [0, 0.05) is 17.2 Å². The van der Waals surface area contributed by atoms with Crippen LogP contribution in [0.3, 0.4) is 0 Å². The van der Waals surface area contributed by atoms with Gasteiger partial charge in [0.15, 0.2) is 15.0 Å². The minimum absolute atomic E-state index is 0.219. The second-order valence-corrected chi connectivity index (χ2v) is 8.50. The largest absolute Gasteiger partial charge is 0.457 e. The number of nitrogens with one attached hydrogen (secondary N) is 1. The van der Waals surface area contributed by atoms with Crippen LogP contribution in [-0.4, -0.2) is 25.6 Å². The van der Waals surface area contributed by atoms with Crippen LogP contribution >= 0.6 is 11.3 Å². The van der Waals surface area contributed by atoms with E-state index in [2.05, 4.69) is 10.3 Å². The lowest BCUT2D eigenvalue weighted by Crippen LogP contribution is -2.11. The molecule has 0 unspecified atom stereocenters. The zero-order valence-electron chi connectivity index (χ0n) is 14.1. The van der Waals surface area contributed by atoms with Crippen LogP contribution in [0.25, 0.3) is 0 Å². The molecule has 3 aromatic rings. The molecule has 0 bridgehead atoms. The van der Waals surface area contributed by atoms with Crippen LogP contribution in [-0.2, 0) is 9.84 Å². The monoisotopic (exact) mass is 388 g/mol. The van der Waals surface area contributed by atoms with Gasteiger partial charge in [-0.3, -0.25) is 10.1 Å². The Morgan fingerprint density at radius 3 is 2.46 bits per heavy atom. The minimum Gasteiger partial charge on any atom is -0.457 e. The molecule has 26 heavy (non-hydrogen) atoms. The molecule has 0 aliphatic carbocycles. The summed E-state index contributed by atoms with van der Waals surface area (Å²) in [6.45, 7) is 1.86. The number of anilines is 1. The van der Waals surface area contributed by atoms with E-state index in [4.69, 9.17) is 4.74 Å². The third-order valence-electron chi connectivity index (χ3n) is 3.42. The van der Waals surface area contributed by atoms with Crippen molar-refractivity contribution in [1.29, 1.82) is 0 Å². The highest BCUT2D eigenvalue weighted by Gasteiger charge is 2.10. The molecule has 1 amide bonds. The van der Waals surface area contributed by atoms with Crippen LogP contribution in [0.4, 0.5) is 5.13 Å². The molecule has 0 saturated carbocycles. The average Bonchev–Trinajstić information content (AvgIpc) is 2.99. The molecule has 0 saturated heterocycles. The maximum absolute atomic E-state index is 12.3. The van der Waals surface area contributed by atoms with Crippen molar-refractivity contribution in [2.24, 2.45) is 0 Å². The topological polar surface area (TPSA) is 85.4 Å². The van der Waals surface area contributed by atoms with Gasteiger partial charge in [-0.25, -0.2) is 13.4 Å². The number of hydrogen-bond acceptors (Lipinski definition) is 6. The van der Waals surface area contributed by atoms with Crippen LogP contribution in [0.15, 0.2) is 58.8 Å². The van der Waals surface area contributed by atoms with Gasteiger partial charge in [-0.2, -0.15) is 0 Å². The lowest BCUT2D eigenvalue weighted by atomic mass is 10.2. The van der Waals surface area contributed by atoms with Crippen molar-refractivity contribution in [3.05, 3.63) is 65.2 Å². The molecule has 0 fully saturated rings. The maximum Gasteiger partial charge on any atom is 0.257 e. The highest BCUT2D eigenvalue weighted by molar-refractivity contribution is 7.90. The second-order valence-electron chi connectivity index (χ2n) is 5.62. The van der Waals surface area contributed by atoms with Gasteiger partial charge in [0.25, 0.3) is 5.91 Å². The Kier molecular flexibility index (Phi) is 5.06. The summed E-state index contributed by atoms with van der Waals surface area (Å²) in [5, 5.41) is 5.13. The number of carbonyl (C=O) groups is 1. The molecule has 8 heteroatoms. The normalized spacial score (nSPS) is 11.2. The van der Waals surface area contributed by atoms with Crippen LogP contribution in [0.5, 0.6) is 11.5 Å². The lowest BCUT2D eigenvalue weighted by Gasteiger charge is -2.08. The van der Waals surface area contributed by atoms with Gasteiger partial charge in [-0.05, 0) is 49.4 Å². The maximum atomic E-state index is 12.3. The van der Waals surface area contributed by atoms with E-state index in [0.717, 1.165) is 11.9 Å². The van der Waals surface area contributed by atoms with E-state index < -0.39 is 9.84 Å². The lowest BCUT2D eigenvalue weighted by molar-refractivity contribution is 0.102. The van der Waals surface area contributed by atoms with Gasteiger partial charge in [0.1, 0.15) is 11.5 Å². The summed E-state index contributed by atoms with van der Waals surface area (Å²) in [6.07, 6.45) is 1.15. The molecule has 1 aromatic heterocycles. The van der Waals surface area contributed by atoms with Crippen molar-refractivity contribution >= 4 is 32.2 Å². The molecule has 0 spiro atoms. The number of ether oxygens (including phenoxy) is 1. The third kappa shape index (κ3) is 4.47. The second kappa shape index (κ2) is 7.27. The SMILES string of the molecule is Cc1csc(NC(=O)c2cccc(Oc3ccc(S(C)(=O)=O)cc3)c2)n1. The molecular formula is C18H16N2O4S2. The van der Waals surface area contributed by atoms with E-state index in [0.29, 0.717) is 22.2 Å². The van der Waals surface area contributed by atoms with E-state index in [1.54, 1.807) is 36.4 Å². The minimum atomic E-state index is -3.25. The molecule has 2 aromatic carbocycles.